The van der Waals surface area contributed by atoms with Gasteiger partial charge in [0.2, 0.25) is 0 Å². The van der Waals surface area contributed by atoms with Crippen LogP contribution in [-0.2, 0) is 6.54 Å². The predicted octanol–water partition coefficient (Wildman–Crippen LogP) is 3.82. The van der Waals surface area contributed by atoms with Crippen LogP contribution >= 0.6 is 27.7 Å². The summed E-state index contributed by atoms with van der Waals surface area (Å²) in [6, 6.07) is 4.80. The molecule has 0 bridgehead atoms. The zero-order chi connectivity index (χ0) is 12.0. The molecule has 0 spiro atoms. The maximum absolute atomic E-state index is 12.8. The van der Waals surface area contributed by atoms with Crippen LogP contribution in [0.1, 0.15) is 18.9 Å². The third-order valence-corrected chi connectivity index (χ3v) is 4.24. The van der Waals surface area contributed by atoms with Crippen LogP contribution in [0.15, 0.2) is 22.7 Å². The largest absolute Gasteiger partial charge is 0.313 e. The molecule has 90 valence electrons. The summed E-state index contributed by atoms with van der Waals surface area (Å²) in [4.78, 5) is 0. The van der Waals surface area contributed by atoms with Gasteiger partial charge >= 0.3 is 0 Å². The molecule has 0 amide bonds. The average molecular weight is 306 g/mol. The first kappa shape index (κ1) is 14.0. The van der Waals surface area contributed by atoms with E-state index in [1.807, 2.05) is 17.8 Å². The van der Waals surface area contributed by atoms with E-state index in [0.29, 0.717) is 5.25 Å². The molecule has 0 saturated carbocycles. The summed E-state index contributed by atoms with van der Waals surface area (Å²) in [5.74, 6) is -0.202. The van der Waals surface area contributed by atoms with Gasteiger partial charge in [-0.2, -0.15) is 11.8 Å². The summed E-state index contributed by atoms with van der Waals surface area (Å²) >= 11 is 5.23. The van der Waals surface area contributed by atoms with E-state index in [-0.39, 0.29) is 5.82 Å². The van der Waals surface area contributed by atoms with Gasteiger partial charge in [-0.25, -0.2) is 4.39 Å². The molecule has 16 heavy (non-hydrogen) atoms. The third kappa shape index (κ3) is 4.85. The van der Waals surface area contributed by atoms with Crippen LogP contribution in [0, 0.1) is 5.82 Å². The number of rotatable bonds is 6. The molecule has 1 aromatic rings. The van der Waals surface area contributed by atoms with Gasteiger partial charge in [-0.1, -0.05) is 28.9 Å². The predicted molar refractivity (Wildman–Crippen MR) is 73.4 cm³/mol. The van der Waals surface area contributed by atoms with Gasteiger partial charge in [-0.3, -0.25) is 0 Å². The summed E-state index contributed by atoms with van der Waals surface area (Å²) in [7, 11) is 0. The molecule has 1 aromatic carbocycles. The Bertz CT molecular complexity index is 333. The van der Waals surface area contributed by atoms with Crippen molar-refractivity contribution in [2.24, 2.45) is 0 Å². The maximum atomic E-state index is 12.8. The van der Waals surface area contributed by atoms with Gasteiger partial charge in [0.1, 0.15) is 5.82 Å². The molecule has 1 N–H and O–H groups in total. The molecule has 1 rings (SSSR count). The van der Waals surface area contributed by atoms with Crippen LogP contribution in [0.4, 0.5) is 4.39 Å². The Morgan fingerprint density at radius 1 is 1.50 bits per heavy atom. The molecule has 0 heterocycles. The highest BCUT2D eigenvalue weighted by molar-refractivity contribution is 9.10. The summed E-state index contributed by atoms with van der Waals surface area (Å²) in [6.07, 6.45) is 3.28. The van der Waals surface area contributed by atoms with Crippen molar-refractivity contribution in [1.82, 2.24) is 5.32 Å². The highest BCUT2D eigenvalue weighted by Crippen LogP contribution is 2.17. The number of thioether (sulfide) groups is 1. The van der Waals surface area contributed by atoms with Gasteiger partial charge in [0, 0.05) is 16.3 Å². The lowest BCUT2D eigenvalue weighted by Gasteiger charge is -2.10. The summed E-state index contributed by atoms with van der Waals surface area (Å²) < 4.78 is 13.7. The highest BCUT2D eigenvalue weighted by Gasteiger charge is 2.02. The second-order valence-corrected chi connectivity index (χ2v) is 5.88. The van der Waals surface area contributed by atoms with Crippen molar-refractivity contribution >= 4 is 27.7 Å². The molecule has 1 nitrogen and oxygen atoms in total. The molecule has 4 heteroatoms. The summed E-state index contributed by atoms with van der Waals surface area (Å²) in [5, 5.41) is 4.05. The molecule has 0 aliphatic carbocycles. The van der Waals surface area contributed by atoms with Crippen molar-refractivity contribution in [2.45, 2.75) is 25.1 Å². The van der Waals surface area contributed by atoms with Gasteiger partial charge in [0.25, 0.3) is 0 Å². The Kier molecular flexibility index (Phi) is 6.39. The van der Waals surface area contributed by atoms with Gasteiger partial charge in [0.15, 0.2) is 0 Å². The van der Waals surface area contributed by atoms with Crippen molar-refractivity contribution in [3.63, 3.8) is 0 Å². The minimum absolute atomic E-state index is 0.202. The Morgan fingerprint density at radius 2 is 2.25 bits per heavy atom. The van der Waals surface area contributed by atoms with E-state index in [4.69, 9.17) is 0 Å². The van der Waals surface area contributed by atoms with Gasteiger partial charge < -0.3 is 5.32 Å². The number of benzene rings is 1. The molecule has 0 radical (unpaired) electrons. The first-order valence-electron chi connectivity index (χ1n) is 5.31. The van der Waals surface area contributed by atoms with E-state index in [1.165, 1.54) is 12.1 Å². The third-order valence-electron chi connectivity index (χ3n) is 2.46. The van der Waals surface area contributed by atoms with E-state index < -0.39 is 0 Å². The Hall–Kier alpha value is -0.0600. The second-order valence-electron chi connectivity index (χ2n) is 3.75. The molecule has 0 aliphatic rings. The van der Waals surface area contributed by atoms with E-state index in [9.17, 15) is 4.39 Å². The van der Waals surface area contributed by atoms with Gasteiger partial charge in [0.05, 0.1) is 0 Å². The molecule has 0 aliphatic heterocycles. The minimum atomic E-state index is -0.202. The number of halogens is 2. The normalized spacial score (nSPS) is 12.8. The van der Waals surface area contributed by atoms with Crippen LogP contribution in [0.5, 0.6) is 0 Å². The fourth-order valence-corrected chi connectivity index (χ4v) is 2.16. The fraction of sp³-hybridized carbons (Fsp3) is 0.500. The zero-order valence-corrected chi connectivity index (χ0v) is 12.0. The Balaban J connectivity index is 2.32. The number of hydrogen-bond donors (Lipinski definition) is 1. The first-order valence-corrected chi connectivity index (χ1v) is 7.39. The highest BCUT2D eigenvalue weighted by atomic mass is 79.9. The van der Waals surface area contributed by atoms with Crippen molar-refractivity contribution in [1.29, 1.82) is 0 Å². The topological polar surface area (TPSA) is 12.0 Å². The summed E-state index contributed by atoms with van der Waals surface area (Å²) in [6.45, 7) is 3.99. The average Bonchev–Trinajstić information content (AvgIpc) is 2.26. The van der Waals surface area contributed by atoms with E-state index in [0.717, 1.165) is 29.5 Å². The van der Waals surface area contributed by atoms with Crippen LogP contribution in [0.25, 0.3) is 0 Å². The molecular weight excluding hydrogens is 289 g/mol. The van der Waals surface area contributed by atoms with Crippen LogP contribution in [-0.4, -0.2) is 18.1 Å². The van der Waals surface area contributed by atoms with E-state index in [1.54, 1.807) is 0 Å². The van der Waals surface area contributed by atoms with Gasteiger partial charge in [-0.05, 0) is 36.9 Å². The molecule has 1 atom stereocenters. The SMILES string of the molecule is CSC(C)CCNCc1ccc(F)cc1Br. The smallest absolute Gasteiger partial charge is 0.124 e. The van der Waals surface area contributed by atoms with Crippen molar-refractivity contribution in [2.75, 3.05) is 12.8 Å². The van der Waals surface area contributed by atoms with Crippen LogP contribution in [0.2, 0.25) is 0 Å². The lowest BCUT2D eigenvalue weighted by atomic mass is 10.2. The van der Waals surface area contributed by atoms with Crippen molar-refractivity contribution in [3.05, 3.63) is 34.1 Å². The summed E-state index contributed by atoms with van der Waals surface area (Å²) in [5.41, 5.74) is 1.10. The molecule has 0 saturated heterocycles. The second kappa shape index (κ2) is 7.30. The Morgan fingerprint density at radius 3 is 2.88 bits per heavy atom. The standard InChI is InChI=1S/C12H17BrFNS/c1-9(16-2)5-6-15-8-10-3-4-11(14)7-12(10)13/h3-4,7,9,15H,5-6,8H2,1-2H3. The molecule has 1 unspecified atom stereocenters. The van der Waals surface area contributed by atoms with Crippen LogP contribution < -0.4 is 5.32 Å². The molecular formula is C12H17BrFNS. The molecule has 0 fully saturated rings. The monoisotopic (exact) mass is 305 g/mol. The first-order chi connectivity index (χ1) is 7.63. The lowest BCUT2D eigenvalue weighted by molar-refractivity contribution is 0.620. The van der Waals surface area contributed by atoms with Crippen molar-refractivity contribution < 1.29 is 4.39 Å². The zero-order valence-electron chi connectivity index (χ0n) is 9.59. The molecule has 0 aromatic heterocycles. The Labute approximate surface area is 109 Å². The van der Waals surface area contributed by atoms with Gasteiger partial charge in [-0.15, -0.1) is 0 Å². The van der Waals surface area contributed by atoms with E-state index in [2.05, 4.69) is 34.4 Å². The fourth-order valence-electron chi connectivity index (χ4n) is 1.31. The quantitative estimate of drug-likeness (QED) is 0.802. The van der Waals surface area contributed by atoms with Crippen LogP contribution in [0.3, 0.4) is 0 Å². The maximum Gasteiger partial charge on any atom is 0.124 e. The van der Waals surface area contributed by atoms with Crippen molar-refractivity contribution in [3.8, 4) is 0 Å². The lowest BCUT2D eigenvalue weighted by Crippen LogP contribution is -2.17. The van der Waals surface area contributed by atoms with E-state index >= 15 is 0 Å². The number of nitrogens with one attached hydrogen (secondary N) is 1. The minimum Gasteiger partial charge on any atom is -0.313 e. The number of hydrogen-bond acceptors (Lipinski definition) is 2.